The van der Waals surface area contributed by atoms with Gasteiger partial charge in [0.25, 0.3) is 0 Å². The van der Waals surface area contributed by atoms with E-state index < -0.39 is 0 Å². The molecule has 1 heterocycles. The van der Waals surface area contributed by atoms with Gasteiger partial charge in [0, 0.05) is 22.8 Å². The van der Waals surface area contributed by atoms with Crippen molar-refractivity contribution in [3.05, 3.63) is 41.7 Å². The second kappa shape index (κ2) is 3.87. The van der Waals surface area contributed by atoms with Crippen molar-refractivity contribution < 1.29 is 0 Å². The van der Waals surface area contributed by atoms with Gasteiger partial charge in [0.15, 0.2) is 0 Å². The van der Waals surface area contributed by atoms with Crippen molar-refractivity contribution in [3.8, 4) is 0 Å². The van der Waals surface area contributed by atoms with Crippen LogP contribution in [0, 0.1) is 6.92 Å². The summed E-state index contributed by atoms with van der Waals surface area (Å²) in [5.41, 5.74) is 8.22. The molecule has 0 saturated heterocycles. The van der Waals surface area contributed by atoms with Crippen molar-refractivity contribution in [2.24, 2.45) is 5.73 Å². The summed E-state index contributed by atoms with van der Waals surface area (Å²) in [4.78, 5) is 4.31. The molecule has 84 valence electrons. The van der Waals surface area contributed by atoms with E-state index in [1.165, 1.54) is 16.3 Å². The van der Waals surface area contributed by atoms with E-state index in [1.54, 1.807) is 0 Å². The van der Waals surface area contributed by atoms with Crippen LogP contribution in [-0.2, 0) is 6.42 Å². The first-order valence-electron chi connectivity index (χ1n) is 5.59. The van der Waals surface area contributed by atoms with Gasteiger partial charge in [-0.25, -0.2) is 0 Å². The summed E-state index contributed by atoms with van der Waals surface area (Å²) in [5.74, 6) is 0. The maximum absolute atomic E-state index is 6.03. The van der Waals surface area contributed by atoms with Crippen LogP contribution < -0.4 is 5.73 Å². The molecule has 0 saturated carbocycles. The molecule has 0 atom stereocenters. The molecule has 2 rings (SSSR count). The topological polar surface area (TPSA) is 38.9 Å². The molecule has 2 nitrogen and oxygen atoms in total. The number of nitrogens with zero attached hydrogens (tertiary/aromatic N) is 1. The average Bonchev–Trinajstić information content (AvgIpc) is 2.17. The van der Waals surface area contributed by atoms with Crippen LogP contribution in [0.25, 0.3) is 10.8 Å². The number of hydrogen-bond acceptors (Lipinski definition) is 2. The Bertz CT molecular complexity index is 510. The number of nitrogens with two attached hydrogens (primary N) is 1. The number of benzene rings is 1. The van der Waals surface area contributed by atoms with Crippen LogP contribution in [0.15, 0.2) is 30.5 Å². The minimum absolute atomic E-state index is 0.163. The Kier molecular flexibility index (Phi) is 2.68. The fourth-order valence-corrected chi connectivity index (χ4v) is 2.00. The maximum Gasteiger partial charge on any atom is 0.0451 e. The van der Waals surface area contributed by atoms with Gasteiger partial charge in [-0.3, -0.25) is 4.98 Å². The first kappa shape index (κ1) is 11.1. The van der Waals surface area contributed by atoms with E-state index in [9.17, 15) is 0 Å². The Balaban J connectivity index is 2.47. The highest BCUT2D eigenvalue weighted by atomic mass is 14.7. The highest BCUT2D eigenvalue weighted by Crippen LogP contribution is 2.20. The van der Waals surface area contributed by atoms with Crippen molar-refractivity contribution in [2.45, 2.75) is 32.7 Å². The van der Waals surface area contributed by atoms with E-state index in [2.05, 4.69) is 23.2 Å². The highest BCUT2D eigenvalue weighted by molar-refractivity contribution is 5.84. The lowest BCUT2D eigenvalue weighted by molar-refractivity contribution is 0.517. The van der Waals surface area contributed by atoms with E-state index in [4.69, 9.17) is 5.73 Å². The Labute approximate surface area is 96.5 Å². The van der Waals surface area contributed by atoms with Gasteiger partial charge in [-0.05, 0) is 50.3 Å². The monoisotopic (exact) mass is 214 g/mol. The molecule has 0 bridgehead atoms. The summed E-state index contributed by atoms with van der Waals surface area (Å²) in [6.45, 7) is 6.14. The number of pyridine rings is 1. The molecule has 0 spiro atoms. The molecule has 0 radical (unpaired) electrons. The molecule has 2 heteroatoms. The Hall–Kier alpha value is -1.41. The molecular formula is C14H18N2. The molecule has 0 fully saturated rings. The van der Waals surface area contributed by atoms with Gasteiger partial charge in [-0.2, -0.15) is 0 Å². The Morgan fingerprint density at radius 3 is 2.69 bits per heavy atom. The van der Waals surface area contributed by atoms with E-state index in [-0.39, 0.29) is 5.54 Å². The van der Waals surface area contributed by atoms with E-state index in [0.29, 0.717) is 0 Å². The summed E-state index contributed by atoms with van der Waals surface area (Å²) in [5, 5.41) is 2.47. The number of fused-ring (bicyclic) bond motifs is 1. The van der Waals surface area contributed by atoms with E-state index in [1.807, 2.05) is 33.0 Å². The third kappa shape index (κ3) is 2.39. The third-order valence-electron chi connectivity index (χ3n) is 2.69. The lowest BCUT2D eigenvalue weighted by Crippen LogP contribution is -2.34. The first-order chi connectivity index (χ1) is 7.46. The number of rotatable bonds is 2. The maximum atomic E-state index is 6.03. The number of hydrogen-bond donors (Lipinski definition) is 1. The highest BCUT2D eigenvalue weighted by Gasteiger charge is 2.12. The lowest BCUT2D eigenvalue weighted by Gasteiger charge is -2.18. The largest absolute Gasteiger partial charge is 0.325 e. The van der Waals surface area contributed by atoms with Crippen LogP contribution in [-0.4, -0.2) is 10.5 Å². The predicted molar refractivity (Wildman–Crippen MR) is 68.5 cm³/mol. The van der Waals surface area contributed by atoms with E-state index in [0.717, 1.165) is 12.1 Å². The molecule has 16 heavy (non-hydrogen) atoms. The second-order valence-electron chi connectivity index (χ2n) is 5.12. The van der Waals surface area contributed by atoms with Crippen LogP contribution in [0.3, 0.4) is 0 Å². The molecule has 0 amide bonds. The zero-order valence-corrected chi connectivity index (χ0v) is 10.1. The molecule has 0 aliphatic carbocycles. The average molecular weight is 214 g/mol. The SMILES string of the molecule is Cc1nccc2ccc(CC(C)(C)N)cc12. The predicted octanol–water partition coefficient (Wildman–Crippen LogP) is 2.82. The van der Waals surface area contributed by atoms with Crippen molar-refractivity contribution in [1.82, 2.24) is 4.98 Å². The number of aryl methyl sites for hydroxylation is 1. The Morgan fingerprint density at radius 2 is 2.00 bits per heavy atom. The summed E-state index contributed by atoms with van der Waals surface area (Å²) in [7, 11) is 0. The molecule has 0 aliphatic heterocycles. The number of aromatic nitrogens is 1. The van der Waals surface area contributed by atoms with E-state index >= 15 is 0 Å². The summed E-state index contributed by atoms with van der Waals surface area (Å²) in [6, 6.07) is 8.54. The van der Waals surface area contributed by atoms with Crippen molar-refractivity contribution in [2.75, 3.05) is 0 Å². The van der Waals surface area contributed by atoms with Crippen molar-refractivity contribution in [3.63, 3.8) is 0 Å². The van der Waals surface area contributed by atoms with Gasteiger partial charge in [-0.15, -0.1) is 0 Å². The van der Waals surface area contributed by atoms with Gasteiger partial charge in [0.1, 0.15) is 0 Å². The molecule has 0 unspecified atom stereocenters. The van der Waals surface area contributed by atoms with Gasteiger partial charge in [-0.1, -0.05) is 12.1 Å². The zero-order chi connectivity index (χ0) is 11.8. The summed E-state index contributed by atoms with van der Waals surface area (Å²) < 4.78 is 0. The van der Waals surface area contributed by atoms with Gasteiger partial charge in [0.05, 0.1) is 0 Å². The quantitative estimate of drug-likeness (QED) is 0.835. The fraction of sp³-hybridized carbons (Fsp3) is 0.357. The molecule has 1 aromatic carbocycles. The van der Waals surface area contributed by atoms with Crippen molar-refractivity contribution >= 4 is 10.8 Å². The normalized spacial score (nSPS) is 12.0. The summed E-state index contributed by atoms with van der Waals surface area (Å²) in [6.07, 6.45) is 2.74. The fourth-order valence-electron chi connectivity index (χ4n) is 2.00. The van der Waals surface area contributed by atoms with Crippen LogP contribution in [0.2, 0.25) is 0 Å². The molecular weight excluding hydrogens is 196 g/mol. The van der Waals surface area contributed by atoms with Crippen molar-refractivity contribution in [1.29, 1.82) is 0 Å². The third-order valence-corrected chi connectivity index (χ3v) is 2.69. The Morgan fingerprint density at radius 1 is 1.25 bits per heavy atom. The first-order valence-corrected chi connectivity index (χ1v) is 5.59. The molecule has 1 aromatic heterocycles. The van der Waals surface area contributed by atoms with Crippen LogP contribution in [0.5, 0.6) is 0 Å². The van der Waals surface area contributed by atoms with Gasteiger partial charge < -0.3 is 5.73 Å². The molecule has 0 aliphatic rings. The van der Waals surface area contributed by atoms with Crippen LogP contribution in [0.1, 0.15) is 25.1 Å². The molecule has 2 N–H and O–H groups in total. The van der Waals surface area contributed by atoms with Gasteiger partial charge in [0.2, 0.25) is 0 Å². The van der Waals surface area contributed by atoms with Gasteiger partial charge >= 0.3 is 0 Å². The second-order valence-corrected chi connectivity index (χ2v) is 5.12. The summed E-state index contributed by atoms with van der Waals surface area (Å²) >= 11 is 0. The zero-order valence-electron chi connectivity index (χ0n) is 10.1. The van der Waals surface area contributed by atoms with Crippen LogP contribution >= 0.6 is 0 Å². The minimum atomic E-state index is -0.163. The lowest BCUT2D eigenvalue weighted by atomic mass is 9.94. The molecule has 2 aromatic rings. The minimum Gasteiger partial charge on any atom is -0.325 e. The van der Waals surface area contributed by atoms with Crippen LogP contribution in [0.4, 0.5) is 0 Å². The smallest absolute Gasteiger partial charge is 0.0451 e. The standard InChI is InChI=1S/C14H18N2/c1-10-13-8-11(9-14(2,3)15)4-5-12(13)6-7-16-10/h4-8H,9,15H2,1-3H3.